The molecule has 0 bridgehead atoms. The van der Waals surface area contributed by atoms with E-state index in [-0.39, 0.29) is 36.7 Å². The minimum Gasteiger partial charge on any atom is -0.445 e. The SMILES string of the molecule is Cc1nc(NNC(=O)[C@@H](CNC(=O)OCc2ccccc2)CC2CCCC2)c(F)c(N2CCOC[C@@H]2C)n1. The van der Waals surface area contributed by atoms with Gasteiger partial charge in [0.1, 0.15) is 12.4 Å². The van der Waals surface area contributed by atoms with Crippen LogP contribution >= 0.6 is 0 Å². The summed E-state index contributed by atoms with van der Waals surface area (Å²) in [6.45, 7) is 5.34. The Labute approximate surface area is 222 Å². The van der Waals surface area contributed by atoms with Gasteiger partial charge in [0, 0.05) is 13.1 Å². The molecular formula is C27H37FN6O4. The van der Waals surface area contributed by atoms with Gasteiger partial charge >= 0.3 is 6.09 Å². The number of carbonyl (C=O) groups excluding carboxylic acids is 2. The molecule has 2 atom stereocenters. The molecule has 1 aromatic carbocycles. The second kappa shape index (κ2) is 13.4. The van der Waals surface area contributed by atoms with Gasteiger partial charge in [0.2, 0.25) is 11.7 Å². The van der Waals surface area contributed by atoms with Crippen LogP contribution in [-0.4, -0.2) is 54.3 Å². The van der Waals surface area contributed by atoms with E-state index in [4.69, 9.17) is 9.47 Å². The molecule has 11 heteroatoms. The first kappa shape index (κ1) is 27.6. The number of alkyl carbamates (subject to hydrolysis) is 1. The quantitative estimate of drug-likeness (QED) is 0.400. The van der Waals surface area contributed by atoms with Crippen LogP contribution in [0.4, 0.5) is 20.8 Å². The molecular weight excluding hydrogens is 491 g/mol. The number of halogens is 1. The number of hydrogen-bond acceptors (Lipinski definition) is 8. The molecule has 2 fully saturated rings. The van der Waals surface area contributed by atoms with Crippen LogP contribution in [0.15, 0.2) is 30.3 Å². The molecule has 3 N–H and O–H groups in total. The topological polar surface area (TPSA) is 118 Å². The van der Waals surface area contributed by atoms with Gasteiger partial charge in [0.05, 0.1) is 25.2 Å². The maximum absolute atomic E-state index is 15.4. The highest BCUT2D eigenvalue weighted by molar-refractivity contribution is 5.81. The molecule has 2 aliphatic rings. The highest BCUT2D eigenvalue weighted by atomic mass is 19.1. The normalized spacial score (nSPS) is 18.6. The summed E-state index contributed by atoms with van der Waals surface area (Å²) >= 11 is 0. The summed E-state index contributed by atoms with van der Waals surface area (Å²) in [5.41, 5.74) is 6.14. The third-order valence-electron chi connectivity index (χ3n) is 7.06. The van der Waals surface area contributed by atoms with E-state index in [0.717, 1.165) is 31.2 Å². The molecule has 38 heavy (non-hydrogen) atoms. The lowest BCUT2D eigenvalue weighted by atomic mass is 9.92. The summed E-state index contributed by atoms with van der Waals surface area (Å²) in [6, 6.07) is 9.33. The van der Waals surface area contributed by atoms with Gasteiger partial charge < -0.3 is 19.7 Å². The smallest absolute Gasteiger partial charge is 0.407 e. The summed E-state index contributed by atoms with van der Waals surface area (Å²) in [4.78, 5) is 35.8. The molecule has 10 nitrogen and oxygen atoms in total. The summed E-state index contributed by atoms with van der Waals surface area (Å²) in [7, 11) is 0. The average Bonchev–Trinajstić information content (AvgIpc) is 3.44. The zero-order chi connectivity index (χ0) is 26.9. The fourth-order valence-electron chi connectivity index (χ4n) is 4.99. The Morgan fingerprint density at radius 3 is 2.71 bits per heavy atom. The summed E-state index contributed by atoms with van der Waals surface area (Å²) in [5.74, 6) is -0.649. The van der Waals surface area contributed by atoms with Crippen LogP contribution in [-0.2, 0) is 20.9 Å². The molecule has 0 unspecified atom stereocenters. The Morgan fingerprint density at radius 2 is 1.97 bits per heavy atom. The van der Waals surface area contributed by atoms with Crippen molar-refractivity contribution in [1.82, 2.24) is 20.7 Å². The molecule has 2 amide bonds. The first-order valence-electron chi connectivity index (χ1n) is 13.3. The minimum atomic E-state index is -0.639. The monoisotopic (exact) mass is 528 g/mol. The predicted octanol–water partition coefficient (Wildman–Crippen LogP) is 3.72. The number of morpholine rings is 1. The van der Waals surface area contributed by atoms with Crippen LogP contribution < -0.4 is 21.1 Å². The molecule has 0 radical (unpaired) electrons. The number of hydrogen-bond donors (Lipinski definition) is 3. The molecule has 2 aromatic rings. The lowest BCUT2D eigenvalue weighted by Gasteiger charge is -2.34. The number of anilines is 2. The minimum absolute atomic E-state index is 0.0431. The fourth-order valence-corrected chi connectivity index (χ4v) is 4.99. The molecule has 1 aliphatic carbocycles. The summed E-state index contributed by atoms with van der Waals surface area (Å²) in [6.07, 6.45) is 4.41. The number of nitrogens with one attached hydrogen (secondary N) is 3. The average molecular weight is 529 g/mol. The zero-order valence-corrected chi connectivity index (χ0v) is 22.0. The van der Waals surface area contributed by atoms with E-state index >= 15 is 4.39 Å². The number of hydrazine groups is 1. The van der Waals surface area contributed by atoms with Gasteiger partial charge in [-0.2, -0.15) is 4.39 Å². The highest BCUT2D eigenvalue weighted by Gasteiger charge is 2.28. The predicted molar refractivity (Wildman–Crippen MR) is 141 cm³/mol. The number of amides is 2. The third-order valence-corrected chi connectivity index (χ3v) is 7.06. The number of ether oxygens (including phenoxy) is 2. The molecule has 1 aromatic heterocycles. The highest BCUT2D eigenvalue weighted by Crippen LogP contribution is 2.30. The van der Waals surface area contributed by atoms with Gasteiger partial charge in [-0.15, -0.1) is 0 Å². The molecule has 206 valence electrons. The van der Waals surface area contributed by atoms with Crippen LogP contribution in [0, 0.1) is 24.6 Å². The van der Waals surface area contributed by atoms with Crippen LogP contribution in [0.2, 0.25) is 0 Å². The van der Waals surface area contributed by atoms with Crippen molar-refractivity contribution >= 4 is 23.6 Å². The Hall–Kier alpha value is -3.47. The first-order chi connectivity index (χ1) is 18.4. The van der Waals surface area contributed by atoms with E-state index in [2.05, 4.69) is 26.1 Å². The maximum Gasteiger partial charge on any atom is 0.407 e. The van der Waals surface area contributed by atoms with Gasteiger partial charge in [-0.3, -0.25) is 15.6 Å². The molecule has 0 spiro atoms. The van der Waals surface area contributed by atoms with Crippen molar-refractivity contribution in [2.45, 2.75) is 58.6 Å². The third kappa shape index (κ3) is 7.53. The van der Waals surface area contributed by atoms with Crippen molar-refractivity contribution in [2.24, 2.45) is 11.8 Å². The van der Waals surface area contributed by atoms with Gasteiger partial charge in [0.25, 0.3) is 0 Å². The molecule has 1 aliphatic heterocycles. The Kier molecular flexibility index (Phi) is 9.69. The number of aryl methyl sites for hydroxylation is 1. The number of benzene rings is 1. The Balaban J connectivity index is 1.37. The first-order valence-corrected chi connectivity index (χ1v) is 13.3. The molecule has 4 rings (SSSR count). The van der Waals surface area contributed by atoms with Crippen molar-refractivity contribution in [3.63, 3.8) is 0 Å². The van der Waals surface area contributed by atoms with Crippen LogP contribution in [0.25, 0.3) is 0 Å². The number of nitrogens with zero attached hydrogens (tertiary/aromatic N) is 3. The van der Waals surface area contributed by atoms with Crippen LogP contribution in [0.5, 0.6) is 0 Å². The zero-order valence-electron chi connectivity index (χ0n) is 22.0. The van der Waals surface area contributed by atoms with Crippen molar-refractivity contribution in [3.05, 3.63) is 47.5 Å². The van der Waals surface area contributed by atoms with E-state index in [1.165, 1.54) is 0 Å². The van der Waals surface area contributed by atoms with Crippen molar-refractivity contribution in [2.75, 3.05) is 36.6 Å². The van der Waals surface area contributed by atoms with E-state index < -0.39 is 17.8 Å². The maximum atomic E-state index is 15.4. The standard InChI is InChI=1S/C27H37FN6O4/c1-18-16-37-13-12-34(18)25-23(28)24(30-19(2)31-25)32-33-26(35)22(14-20-8-6-7-9-20)15-29-27(36)38-17-21-10-4-3-5-11-21/h3-5,10-11,18,20,22H,6-9,12-17H2,1-2H3,(H,29,36)(H,33,35)(H,30,31,32)/t18-,22+/m0/s1. The van der Waals surface area contributed by atoms with Crippen LogP contribution in [0.1, 0.15) is 50.4 Å². The Morgan fingerprint density at radius 1 is 1.21 bits per heavy atom. The number of carbonyl (C=O) groups is 2. The second-order valence-electron chi connectivity index (χ2n) is 10.0. The van der Waals surface area contributed by atoms with Gasteiger partial charge in [-0.1, -0.05) is 56.0 Å². The van der Waals surface area contributed by atoms with Gasteiger partial charge in [-0.05, 0) is 31.7 Å². The van der Waals surface area contributed by atoms with Crippen molar-refractivity contribution in [3.8, 4) is 0 Å². The lowest BCUT2D eigenvalue weighted by Crippen LogP contribution is -2.45. The van der Waals surface area contributed by atoms with E-state index in [0.29, 0.717) is 37.9 Å². The summed E-state index contributed by atoms with van der Waals surface area (Å²) in [5, 5.41) is 2.72. The largest absolute Gasteiger partial charge is 0.445 e. The molecule has 1 saturated heterocycles. The van der Waals surface area contributed by atoms with Gasteiger partial charge in [0.15, 0.2) is 11.6 Å². The molecule has 2 heterocycles. The second-order valence-corrected chi connectivity index (χ2v) is 10.0. The van der Waals surface area contributed by atoms with Crippen molar-refractivity contribution in [1.29, 1.82) is 0 Å². The molecule has 1 saturated carbocycles. The van der Waals surface area contributed by atoms with Gasteiger partial charge in [-0.25, -0.2) is 14.8 Å². The van der Waals surface area contributed by atoms with E-state index in [1.807, 2.05) is 42.2 Å². The Bertz CT molecular complexity index is 1080. The fraction of sp³-hybridized carbons (Fsp3) is 0.556. The van der Waals surface area contributed by atoms with Crippen LogP contribution in [0.3, 0.4) is 0 Å². The van der Waals surface area contributed by atoms with E-state index in [1.54, 1.807) is 6.92 Å². The lowest BCUT2D eigenvalue weighted by molar-refractivity contribution is -0.124. The number of rotatable bonds is 10. The van der Waals surface area contributed by atoms with E-state index in [9.17, 15) is 9.59 Å². The number of aromatic nitrogens is 2. The summed E-state index contributed by atoms with van der Waals surface area (Å²) < 4.78 is 26.1. The van der Waals surface area contributed by atoms with Crippen molar-refractivity contribution < 1.29 is 23.5 Å².